The zero-order chi connectivity index (χ0) is 36.7. The summed E-state index contributed by atoms with van der Waals surface area (Å²) in [4.78, 5) is 0. The van der Waals surface area contributed by atoms with Gasteiger partial charge in [0.15, 0.2) is 0 Å². The molecule has 0 bridgehead atoms. The van der Waals surface area contributed by atoms with Gasteiger partial charge in [-0.25, -0.2) is 0 Å². The van der Waals surface area contributed by atoms with Crippen LogP contribution in [0.2, 0.25) is 0 Å². The number of allylic oxidation sites excluding steroid dienone is 4. The van der Waals surface area contributed by atoms with Gasteiger partial charge in [-0.3, -0.25) is 0 Å². The summed E-state index contributed by atoms with van der Waals surface area (Å²) in [5, 5.41) is 5.68. The molecule has 0 saturated carbocycles. The summed E-state index contributed by atoms with van der Waals surface area (Å²) in [6.45, 7) is 32.9. The standard InChI is InChI=1S/C49H57.2ClH.Zr/c1-30-27-35-28-39-41(32-17-15-16-18-32)31(2)45(49(12,13)14)44(43(39)38(35)29-40(30)48(9,10)11)42(33-19-23-36(24-20-33)46(3,4)5)34-21-25-37(26-22-34)47(6,7)8;;;/h15-17,19-27,29H,18H2,1-14H3;2*1H;/q;;;+2/p-2. The van der Waals surface area contributed by atoms with Gasteiger partial charge in [0.05, 0.1) is 0 Å². The Morgan fingerprint density at radius 2 is 1.10 bits per heavy atom. The van der Waals surface area contributed by atoms with Crippen LogP contribution in [0.5, 0.6) is 0 Å². The minimum absolute atomic E-state index is 0. The van der Waals surface area contributed by atoms with Gasteiger partial charge in [0, 0.05) is 0 Å². The number of halogens is 2. The van der Waals surface area contributed by atoms with E-state index in [1.807, 2.05) is 0 Å². The summed E-state index contributed by atoms with van der Waals surface area (Å²) < 4.78 is 1.49. The van der Waals surface area contributed by atoms with Crippen LogP contribution in [0.25, 0.3) is 14.4 Å². The number of fused-ring (bicyclic) bond motifs is 2. The molecule has 0 heterocycles. The van der Waals surface area contributed by atoms with Crippen LogP contribution in [0, 0.1) is 24.3 Å². The van der Waals surface area contributed by atoms with Gasteiger partial charge >= 0.3 is 320 Å². The Bertz CT molecular complexity index is 2250. The van der Waals surface area contributed by atoms with Crippen LogP contribution in [0.4, 0.5) is 0 Å². The van der Waals surface area contributed by atoms with Crippen LogP contribution >= 0.6 is 0 Å². The molecule has 0 N–H and O–H groups in total. The Kier molecular flexibility index (Phi) is 11.9. The van der Waals surface area contributed by atoms with E-state index in [2.05, 4.69) is 176 Å². The van der Waals surface area contributed by atoms with Crippen molar-refractivity contribution in [2.24, 2.45) is 0 Å². The maximum Gasteiger partial charge on any atom is -1.00 e. The van der Waals surface area contributed by atoms with Crippen LogP contribution < -0.4 is 35.3 Å². The minimum Gasteiger partial charge on any atom is -1.00 e. The molecular weight excluding hydrogens is 751 g/mol. The van der Waals surface area contributed by atoms with E-state index in [1.165, 1.54) is 116 Å². The average Bonchev–Trinajstić information content (AvgIpc) is 3.62. The fraction of sp³-hybridized carbons (Fsp3) is 0.388. The molecule has 0 spiro atoms. The SMILES string of the molecule is Cc1cc2c(cc1C(C)(C)C)=c1c(c(C3=CC=CC3)c(C)c(C(C)(C)C)c1=C(c1ccc(C(C)(C)C)cc1)c1ccc(C(C)(C)C)cc1)[C]=2[Zr+2].[Cl-].[Cl-]. The monoisotopic (exact) mass is 805 g/mol. The fourth-order valence-corrected chi connectivity index (χ4v) is 9.53. The Balaban J connectivity index is 0.00000302. The fourth-order valence-electron chi connectivity index (χ4n) is 8.41. The predicted octanol–water partition coefficient (Wildman–Crippen LogP) is 5.40. The molecule has 0 aromatic heterocycles. The minimum atomic E-state index is -0.0979. The molecule has 0 nitrogen and oxygen atoms in total. The molecule has 0 saturated heterocycles. The second-order valence-corrected chi connectivity index (χ2v) is 20.2. The molecule has 0 amide bonds. The Hall–Kier alpha value is -2.44. The van der Waals surface area contributed by atoms with Crippen molar-refractivity contribution in [2.75, 3.05) is 0 Å². The first kappa shape index (κ1) is 42.3. The van der Waals surface area contributed by atoms with Gasteiger partial charge in [0.2, 0.25) is 0 Å². The van der Waals surface area contributed by atoms with Crippen molar-refractivity contribution in [3.8, 4) is 0 Å². The quantitative estimate of drug-likeness (QED) is 0.261. The van der Waals surface area contributed by atoms with Crippen LogP contribution in [-0.4, -0.2) is 0 Å². The maximum absolute atomic E-state index is 2.57. The molecule has 0 aliphatic heterocycles. The molecule has 271 valence electrons. The van der Waals surface area contributed by atoms with E-state index in [9.17, 15) is 0 Å². The first-order chi connectivity index (χ1) is 23.1. The van der Waals surface area contributed by atoms with Crippen molar-refractivity contribution in [2.45, 2.75) is 125 Å². The smallest absolute Gasteiger partial charge is 1.00 e. The molecule has 3 heteroatoms. The third kappa shape index (κ3) is 7.59. The molecule has 0 atom stereocenters. The number of rotatable bonds is 3. The molecular formula is C49H57Cl2Zr. The maximum atomic E-state index is 2.57. The normalized spacial score (nSPS) is 14.1. The molecule has 0 fully saturated rings. The Morgan fingerprint density at radius 1 is 0.596 bits per heavy atom. The summed E-state index contributed by atoms with van der Waals surface area (Å²) in [6, 6.07) is 24.1. The number of hydrogen-bond donors (Lipinski definition) is 0. The predicted molar refractivity (Wildman–Crippen MR) is 213 cm³/mol. The molecule has 2 aliphatic carbocycles. The van der Waals surface area contributed by atoms with Gasteiger partial charge in [0.1, 0.15) is 0 Å². The summed E-state index contributed by atoms with van der Waals surface area (Å²) >= 11 is 1.47. The number of benzene rings is 4. The van der Waals surface area contributed by atoms with Gasteiger partial charge in [-0.2, -0.15) is 0 Å². The second-order valence-electron chi connectivity index (χ2n) is 18.9. The van der Waals surface area contributed by atoms with Crippen LogP contribution in [-0.2, 0) is 46.4 Å². The van der Waals surface area contributed by atoms with Crippen LogP contribution in [0.15, 0.2) is 78.9 Å². The molecule has 6 rings (SSSR count). The van der Waals surface area contributed by atoms with Gasteiger partial charge in [-0.1, -0.05) is 0 Å². The summed E-state index contributed by atoms with van der Waals surface area (Å²) in [7, 11) is 0. The topological polar surface area (TPSA) is 0 Å². The van der Waals surface area contributed by atoms with Crippen LogP contribution in [0.1, 0.15) is 145 Å². The van der Waals surface area contributed by atoms with E-state index in [4.69, 9.17) is 0 Å². The van der Waals surface area contributed by atoms with Crippen molar-refractivity contribution in [3.63, 3.8) is 0 Å². The molecule has 52 heavy (non-hydrogen) atoms. The van der Waals surface area contributed by atoms with Crippen molar-refractivity contribution >= 4 is 14.4 Å². The number of aryl methyl sites for hydroxylation is 1. The average molecular weight is 808 g/mol. The van der Waals surface area contributed by atoms with E-state index >= 15 is 0 Å². The zero-order valence-corrected chi connectivity index (χ0v) is 37.9. The van der Waals surface area contributed by atoms with Gasteiger partial charge in [-0.15, -0.1) is 0 Å². The van der Waals surface area contributed by atoms with E-state index in [0.717, 1.165) is 6.42 Å². The third-order valence-corrected chi connectivity index (χ3v) is 12.2. The van der Waals surface area contributed by atoms with Crippen molar-refractivity contribution in [3.05, 3.63) is 155 Å². The molecule has 4 aromatic carbocycles. The molecule has 2 aliphatic rings. The molecule has 4 aromatic rings. The van der Waals surface area contributed by atoms with E-state index < -0.39 is 0 Å². The Labute approximate surface area is 342 Å². The van der Waals surface area contributed by atoms with E-state index in [-0.39, 0.29) is 46.5 Å². The Morgan fingerprint density at radius 3 is 1.50 bits per heavy atom. The van der Waals surface area contributed by atoms with E-state index in [1.54, 1.807) is 0 Å². The molecule has 0 unspecified atom stereocenters. The summed E-state index contributed by atoms with van der Waals surface area (Å²) in [5.41, 5.74) is 16.8. The largest absolute Gasteiger partial charge is 1.00 e. The van der Waals surface area contributed by atoms with Crippen molar-refractivity contribution in [1.82, 2.24) is 0 Å². The van der Waals surface area contributed by atoms with E-state index in [0.29, 0.717) is 0 Å². The summed E-state index contributed by atoms with van der Waals surface area (Å²) in [6.07, 6.45) is 7.93. The first-order valence-electron chi connectivity index (χ1n) is 18.5. The molecule has 0 radical (unpaired) electrons. The zero-order valence-electron chi connectivity index (χ0n) is 34.0. The van der Waals surface area contributed by atoms with Crippen molar-refractivity contribution in [1.29, 1.82) is 0 Å². The second kappa shape index (κ2) is 14.7. The summed E-state index contributed by atoms with van der Waals surface area (Å²) in [5.74, 6) is 0. The van der Waals surface area contributed by atoms with Gasteiger partial charge < -0.3 is 24.8 Å². The first-order valence-corrected chi connectivity index (χ1v) is 19.7. The third-order valence-electron chi connectivity index (χ3n) is 10.9. The van der Waals surface area contributed by atoms with Crippen molar-refractivity contribution < 1.29 is 49.5 Å². The van der Waals surface area contributed by atoms with Crippen LogP contribution in [0.3, 0.4) is 0 Å². The number of hydrogen-bond acceptors (Lipinski definition) is 0. The van der Waals surface area contributed by atoms with Gasteiger partial charge in [0.25, 0.3) is 0 Å². The van der Waals surface area contributed by atoms with Gasteiger partial charge in [-0.05, 0) is 0 Å².